The van der Waals surface area contributed by atoms with Crippen LogP contribution in [0, 0.1) is 25.5 Å². The summed E-state index contributed by atoms with van der Waals surface area (Å²) in [6, 6.07) is 10.5. The third kappa shape index (κ3) is 5.64. The van der Waals surface area contributed by atoms with Gasteiger partial charge in [0.1, 0.15) is 36.7 Å². The molecule has 0 aliphatic carbocycles. The molecular formula is C33H29F3N2O6. The number of ether oxygens (including phenoxy) is 2. The lowest BCUT2D eigenvalue weighted by molar-refractivity contribution is -0.137. The summed E-state index contributed by atoms with van der Waals surface area (Å²) >= 11 is 0. The number of aromatic nitrogens is 1. The molecule has 3 aromatic carbocycles. The summed E-state index contributed by atoms with van der Waals surface area (Å²) in [6.07, 6.45) is 0.406. The third-order valence-electron chi connectivity index (χ3n) is 7.66. The number of fused-ring (bicyclic) bond motifs is 6. The highest BCUT2D eigenvalue weighted by atomic mass is 19.1. The maximum Gasteiger partial charge on any atom is 0.305 e. The van der Waals surface area contributed by atoms with Crippen LogP contribution in [0.4, 0.5) is 13.2 Å². The number of alkyl halides is 1. The highest BCUT2D eigenvalue weighted by molar-refractivity contribution is 5.85. The maximum absolute atomic E-state index is 15.8. The summed E-state index contributed by atoms with van der Waals surface area (Å²) in [5.41, 5.74) is 1.26. The monoisotopic (exact) mass is 606 g/mol. The molecule has 228 valence electrons. The number of carbonyl (C=O) groups excluding carboxylic acids is 1. The lowest BCUT2D eigenvalue weighted by Crippen LogP contribution is -2.41. The lowest BCUT2D eigenvalue weighted by atomic mass is 9.91. The molecule has 8 nitrogen and oxygen atoms in total. The fourth-order valence-corrected chi connectivity index (χ4v) is 5.56. The Morgan fingerprint density at radius 2 is 1.84 bits per heavy atom. The Balaban J connectivity index is 1.80. The first-order valence-corrected chi connectivity index (χ1v) is 13.7. The van der Waals surface area contributed by atoms with Crippen LogP contribution >= 0.6 is 0 Å². The number of hydrogen-bond acceptors (Lipinski definition) is 5. The van der Waals surface area contributed by atoms with E-state index in [9.17, 15) is 23.9 Å². The van der Waals surface area contributed by atoms with Crippen molar-refractivity contribution in [3.05, 3.63) is 116 Å². The largest absolute Gasteiger partial charge is 0.491 e. The summed E-state index contributed by atoms with van der Waals surface area (Å²) < 4.78 is 57.1. The Kier molecular flexibility index (Phi) is 8.48. The van der Waals surface area contributed by atoms with Gasteiger partial charge in [-0.05, 0) is 72.5 Å². The number of aliphatic carboxylic acids is 1. The first-order valence-electron chi connectivity index (χ1n) is 13.7. The van der Waals surface area contributed by atoms with Crippen LogP contribution in [0.3, 0.4) is 0 Å². The highest BCUT2D eigenvalue weighted by Crippen LogP contribution is 2.38. The molecule has 1 aromatic heterocycles. The number of nitrogens with one attached hydrogen (secondary N) is 1. The number of carboxylic acids is 1. The van der Waals surface area contributed by atoms with E-state index >= 15 is 8.78 Å². The molecule has 0 radical (unpaired) electrons. The number of carboxylic acid groups (broad SMARTS) is 1. The van der Waals surface area contributed by atoms with E-state index in [0.717, 1.165) is 29.5 Å². The van der Waals surface area contributed by atoms with E-state index in [1.807, 2.05) is 13.0 Å². The van der Waals surface area contributed by atoms with Gasteiger partial charge >= 0.3 is 5.97 Å². The molecule has 4 aromatic rings. The minimum absolute atomic E-state index is 0.0498. The van der Waals surface area contributed by atoms with Gasteiger partial charge in [-0.3, -0.25) is 19.0 Å². The van der Waals surface area contributed by atoms with Crippen LogP contribution in [0.15, 0.2) is 65.6 Å². The van der Waals surface area contributed by atoms with Crippen LogP contribution in [-0.4, -0.2) is 28.7 Å². The second-order valence-electron chi connectivity index (χ2n) is 10.6. The van der Waals surface area contributed by atoms with Crippen molar-refractivity contribution in [2.45, 2.75) is 45.6 Å². The first kappa shape index (κ1) is 30.4. The topological polar surface area (TPSA) is 107 Å². The van der Waals surface area contributed by atoms with Crippen molar-refractivity contribution in [2.75, 3.05) is 7.11 Å². The number of methoxy groups -OCH3 is 1. The van der Waals surface area contributed by atoms with Gasteiger partial charge in [-0.2, -0.15) is 0 Å². The Morgan fingerprint density at radius 1 is 1.07 bits per heavy atom. The zero-order valence-corrected chi connectivity index (χ0v) is 24.1. The van der Waals surface area contributed by atoms with Crippen molar-refractivity contribution >= 4 is 11.9 Å². The molecule has 0 spiro atoms. The van der Waals surface area contributed by atoms with E-state index < -0.39 is 54.2 Å². The fourth-order valence-electron chi connectivity index (χ4n) is 5.56. The number of aryl methyl sites for hydroxylation is 2. The Morgan fingerprint density at radius 3 is 2.55 bits per heavy atom. The fraction of sp³-hybridized carbons (Fsp3) is 0.242. The summed E-state index contributed by atoms with van der Waals surface area (Å²) in [7, 11) is 1.16. The molecule has 1 aliphatic rings. The quantitative estimate of drug-likeness (QED) is 0.302. The average Bonchev–Trinajstić information content (AvgIpc) is 2.98. The maximum atomic E-state index is 15.8. The molecular weight excluding hydrogens is 577 g/mol. The summed E-state index contributed by atoms with van der Waals surface area (Å²) in [5.74, 6) is -3.86. The Bertz CT molecular complexity index is 1840. The molecule has 0 unspecified atom stereocenters. The molecule has 11 heteroatoms. The molecule has 0 fully saturated rings. The van der Waals surface area contributed by atoms with Crippen LogP contribution in [0.1, 0.15) is 51.9 Å². The van der Waals surface area contributed by atoms with Gasteiger partial charge in [0.05, 0.1) is 19.6 Å². The van der Waals surface area contributed by atoms with Crippen molar-refractivity contribution in [3.8, 4) is 22.6 Å². The third-order valence-corrected chi connectivity index (χ3v) is 7.66. The second kappa shape index (κ2) is 12.3. The van der Waals surface area contributed by atoms with E-state index in [-0.39, 0.29) is 34.6 Å². The molecule has 1 amide bonds. The number of halogens is 3. The van der Waals surface area contributed by atoms with Crippen LogP contribution < -0.4 is 20.3 Å². The minimum atomic E-state index is -1.72. The standard InChI is InChI=1S/C33H29F3N2O6/c1-17-5-4-6-26-28(17)21-11-18(2)29(36)23(13-21)25(14-27(39)40)37-32(41)30(22-12-19(16-44-26)7-8-24(22)35)38-10-9-20(15-34)31(43-3)33(38)42/h4-13,25,30H,14-16H2,1-3H3,(H,37,41)(H,39,40)/t25-,30-/m0/s1. The Labute approximate surface area is 250 Å². The average molecular weight is 607 g/mol. The number of rotatable bonds is 5. The smallest absolute Gasteiger partial charge is 0.305 e. The number of nitrogens with zero attached hydrogens (tertiary/aromatic N) is 1. The molecule has 2 N–H and O–H groups in total. The number of amides is 1. The van der Waals surface area contributed by atoms with Crippen molar-refractivity contribution in [3.63, 3.8) is 0 Å². The van der Waals surface area contributed by atoms with Gasteiger partial charge in [0.2, 0.25) is 5.91 Å². The predicted octanol–water partition coefficient (Wildman–Crippen LogP) is 5.70. The predicted molar refractivity (Wildman–Crippen MR) is 155 cm³/mol. The van der Waals surface area contributed by atoms with E-state index in [2.05, 4.69) is 5.32 Å². The van der Waals surface area contributed by atoms with Crippen LogP contribution in [0.25, 0.3) is 11.1 Å². The van der Waals surface area contributed by atoms with Crippen molar-refractivity contribution in [1.29, 1.82) is 0 Å². The molecule has 5 rings (SSSR count). The van der Waals surface area contributed by atoms with E-state index in [0.29, 0.717) is 22.4 Å². The lowest BCUT2D eigenvalue weighted by Gasteiger charge is -2.27. The number of pyridine rings is 1. The van der Waals surface area contributed by atoms with Gasteiger partial charge in [0.15, 0.2) is 5.75 Å². The second-order valence-corrected chi connectivity index (χ2v) is 10.6. The first-order chi connectivity index (χ1) is 21.0. The molecule has 2 atom stereocenters. The van der Waals surface area contributed by atoms with E-state index in [1.165, 1.54) is 31.2 Å². The van der Waals surface area contributed by atoms with Crippen LogP contribution in [-0.2, 0) is 22.9 Å². The Hall–Kier alpha value is -5.06. The summed E-state index contributed by atoms with van der Waals surface area (Å²) in [4.78, 5) is 39.5. The SMILES string of the molecule is COc1c(CF)ccn([C@@H]2C(=O)N[C@@H](CC(=O)O)c3cc(cc(C)c3F)-c3c(C)cccc3OCc3ccc(F)c2c3)c1=O. The van der Waals surface area contributed by atoms with Gasteiger partial charge in [-0.1, -0.05) is 18.2 Å². The molecule has 1 aliphatic heterocycles. The van der Waals surface area contributed by atoms with Crippen LogP contribution in [0.2, 0.25) is 0 Å². The van der Waals surface area contributed by atoms with E-state index in [4.69, 9.17) is 9.47 Å². The van der Waals surface area contributed by atoms with Gasteiger partial charge in [-0.15, -0.1) is 0 Å². The highest BCUT2D eigenvalue weighted by Gasteiger charge is 2.32. The van der Waals surface area contributed by atoms with Gasteiger partial charge in [-0.25, -0.2) is 13.2 Å². The molecule has 0 saturated heterocycles. The zero-order chi connectivity index (χ0) is 31.7. The van der Waals surface area contributed by atoms with Gasteiger partial charge in [0, 0.05) is 28.5 Å². The molecule has 44 heavy (non-hydrogen) atoms. The molecule has 0 saturated carbocycles. The van der Waals surface area contributed by atoms with Crippen molar-refractivity contribution in [2.24, 2.45) is 0 Å². The zero-order valence-electron chi connectivity index (χ0n) is 24.1. The minimum Gasteiger partial charge on any atom is -0.491 e. The molecule has 2 heterocycles. The normalized spacial score (nSPS) is 16.3. The molecule has 4 bridgehead atoms. The summed E-state index contributed by atoms with van der Waals surface area (Å²) in [5, 5.41) is 12.3. The van der Waals surface area contributed by atoms with Crippen LogP contribution in [0.5, 0.6) is 11.5 Å². The summed E-state index contributed by atoms with van der Waals surface area (Å²) in [6.45, 7) is 2.28. The van der Waals surface area contributed by atoms with Gasteiger partial charge in [0.25, 0.3) is 5.56 Å². The van der Waals surface area contributed by atoms with Crippen molar-refractivity contribution < 1.29 is 37.3 Å². The van der Waals surface area contributed by atoms with E-state index in [1.54, 1.807) is 18.2 Å². The number of benzene rings is 3. The number of carbonyl (C=O) groups is 2. The van der Waals surface area contributed by atoms with Crippen molar-refractivity contribution in [1.82, 2.24) is 9.88 Å². The number of hydrogen-bond donors (Lipinski definition) is 2. The van der Waals surface area contributed by atoms with Gasteiger partial charge < -0.3 is 19.9 Å².